The molecule has 6 nitrogen and oxygen atoms in total. The first-order chi connectivity index (χ1) is 13.9. The smallest absolute Gasteiger partial charge is 0.223 e. The van der Waals surface area contributed by atoms with E-state index in [9.17, 15) is 4.79 Å². The van der Waals surface area contributed by atoms with E-state index in [0.29, 0.717) is 17.5 Å². The molecule has 0 saturated carbocycles. The van der Waals surface area contributed by atoms with E-state index in [1.165, 1.54) is 5.56 Å². The first kappa shape index (κ1) is 18.9. The SMILES string of the molecule is Cc1nc(-c2ccc(OCC(=O)/C=C3\N(C)c4ccccc4C3(C)C)cc2)no1. The number of ether oxygens (including phenoxy) is 1. The van der Waals surface area contributed by atoms with Crippen LogP contribution in [0.3, 0.4) is 0 Å². The number of aryl methyl sites for hydroxylation is 1. The fourth-order valence-corrected chi connectivity index (χ4v) is 3.72. The Hall–Kier alpha value is -3.41. The molecular weight excluding hydrogens is 366 g/mol. The second-order valence-electron chi connectivity index (χ2n) is 7.65. The molecule has 1 aliphatic rings. The van der Waals surface area contributed by atoms with Crippen LogP contribution in [0, 0.1) is 6.92 Å². The lowest BCUT2D eigenvalue weighted by Crippen LogP contribution is -2.25. The van der Waals surface area contributed by atoms with Crippen molar-refractivity contribution in [2.45, 2.75) is 26.2 Å². The monoisotopic (exact) mass is 389 g/mol. The quantitative estimate of drug-likeness (QED) is 0.606. The Kier molecular flexibility index (Phi) is 4.70. The number of carbonyl (C=O) groups excluding carboxylic acids is 1. The zero-order chi connectivity index (χ0) is 20.6. The standard InChI is InChI=1S/C23H23N3O3/c1-15-24-22(25-29-15)16-9-11-18(12-10-16)28-14-17(27)13-21-23(2,3)19-7-5-6-8-20(19)26(21)4/h5-13H,14H2,1-4H3/b21-13-. The van der Waals surface area contributed by atoms with Crippen molar-refractivity contribution in [3.8, 4) is 17.1 Å². The minimum absolute atomic E-state index is 0.0234. The van der Waals surface area contributed by atoms with Gasteiger partial charge in [0.15, 0.2) is 12.4 Å². The lowest BCUT2D eigenvalue weighted by Gasteiger charge is -2.23. The summed E-state index contributed by atoms with van der Waals surface area (Å²) >= 11 is 0. The van der Waals surface area contributed by atoms with Gasteiger partial charge in [0.25, 0.3) is 0 Å². The van der Waals surface area contributed by atoms with Crippen LogP contribution >= 0.6 is 0 Å². The van der Waals surface area contributed by atoms with E-state index in [1.807, 2.05) is 31.3 Å². The average Bonchev–Trinajstić information content (AvgIpc) is 3.23. The van der Waals surface area contributed by atoms with Gasteiger partial charge in [0, 0.05) is 42.4 Å². The van der Waals surface area contributed by atoms with E-state index in [0.717, 1.165) is 16.9 Å². The predicted octanol–water partition coefficient (Wildman–Crippen LogP) is 4.30. The van der Waals surface area contributed by atoms with Gasteiger partial charge in [-0.25, -0.2) is 0 Å². The highest BCUT2D eigenvalue weighted by Crippen LogP contribution is 2.46. The summed E-state index contributed by atoms with van der Waals surface area (Å²) in [6, 6.07) is 15.5. The molecule has 0 unspecified atom stereocenters. The molecule has 0 amide bonds. The number of fused-ring (bicyclic) bond motifs is 1. The van der Waals surface area contributed by atoms with Gasteiger partial charge >= 0.3 is 0 Å². The number of aromatic nitrogens is 2. The number of rotatable bonds is 5. The van der Waals surface area contributed by atoms with Crippen LogP contribution in [-0.4, -0.2) is 29.6 Å². The van der Waals surface area contributed by atoms with Crippen LogP contribution in [0.25, 0.3) is 11.4 Å². The molecule has 0 saturated heterocycles. The third-order valence-corrected chi connectivity index (χ3v) is 5.26. The van der Waals surface area contributed by atoms with Gasteiger partial charge in [-0.15, -0.1) is 0 Å². The third kappa shape index (κ3) is 3.53. The summed E-state index contributed by atoms with van der Waals surface area (Å²) in [5.41, 5.74) is 3.91. The van der Waals surface area contributed by atoms with Crippen LogP contribution in [0.4, 0.5) is 5.69 Å². The Balaban J connectivity index is 1.44. The van der Waals surface area contributed by atoms with E-state index in [1.54, 1.807) is 25.1 Å². The summed E-state index contributed by atoms with van der Waals surface area (Å²) in [6.07, 6.45) is 1.69. The molecule has 0 N–H and O–H groups in total. The van der Waals surface area contributed by atoms with Gasteiger partial charge in [0.2, 0.25) is 11.7 Å². The molecule has 0 bridgehead atoms. The molecule has 29 heavy (non-hydrogen) atoms. The fraction of sp³-hybridized carbons (Fsp3) is 0.261. The van der Waals surface area contributed by atoms with Gasteiger partial charge in [-0.3, -0.25) is 4.79 Å². The van der Waals surface area contributed by atoms with E-state index >= 15 is 0 Å². The zero-order valence-electron chi connectivity index (χ0n) is 17.0. The molecule has 0 spiro atoms. The number of hydrogen-bond acceptors (Lipinski definition) is 6. The van der Waals surface area contributed by atoms with Crippen molar-refractivity contribution in [2.75, 3.05) is 18.6 Å². The number of carbonyl (C=O) groups is 1. The van der Waals surface area contributed by atoms with Gasteiger partial charge in [0.1, 0.15) is 5.75 Å². The molecular formula is C23H23N3O3. The van der Waals surface area contributed by atoms with Crippen molar-refractivity contribution >= 4 is 11.5 Å². The molecule has 2 heterocycles. The predicted molar refractivity (Wildman–Crippen MR) is 111 cm³/mol. The maximum atomic E-state index is 12.6. The number of anilines is 1. The molecule has 0 fully saturated rings. The molecule has 4 rings (SSSR count). The number of ketones is 1. The number of nitrogens with zero attached hydrogens (tertiary/aromatic N) is 3. The first-order valence-electron chi connectivity index (χ1n) is 9.48. The Morgan fingerprint density at radius 1 is 1.17 bits per heavy atom. The van der Waals surface area contributed by atoms with Crippen LogP contribution in [0.5, 0.6) is 5.75 Å². The van der Waals surface area contributed by atoms with E-state index in [-0.39, 0.29) is 17.8 Å². The van der Waals surface area contributed by atoms with E-state index in [2.05, 4.69) is 41.0 Å². The summed E-state index contributed by atoms with van der Waals surface area (Å²) in [6.45, 7) is 5.99. The Labute approximate surface area is 169 Å². The number of para-hydroxylation sites is 1. The number of benzene rings is 2. The highest BCUT2D eigenvalue weighted by Gasteiger charge is 2.38. The first-order valence-corrected chi connectivity index (χ1v) is 9.48. The minimum Gasteiger partial charge on any atom is -0.485 e. The summed E-state index contributed by atoms with van der Waals surface area (Å²) in [5, 5.41) is 3.89. The van der Waals surface area contributed by atoms with Gasteiger partial charge in [0.05, 0.1) is 0 Å². The molecule has 2 aromatic carbocycles. The Bertz CT molecular complexity index is 1080. The lowest BCUT2D eigenvalue weighted by atomic mass is 9.83. The van der Waals surface area contributed by atoms with Crippen molar-refractivity contribution in [1.29, 1.82) is 0 Å². The second-order valence-corrected chi connectivity index (χ2v) is 7.65. The molecule has 1 aliphatic heterocycles. The molecule has 6 heteroatoms. The molecule has 1 aromatic heterocycles. The Morgan fingerprint density at radius 2 is 1.90 bits per heavy atom. The van der Waals surface area contributed by atoms with Gasteiger partial charge in [-0.05, 0) is 35.9 Å². The maximum absolute atomic E-state index is 12.6. The van der Waals surface area contributed by atoms with Crippen LogP contribution < -0.4 is 9.64 Å². The maximum Gasteiger partial charge on any atom is 0.223 e. The van der Waals surface area contributed by atoms with Crippen molar-refractivity contribution in [3.63, 3.8) is 0 Å². The molecule has 0 aliphatic carbocycles. The van der Waals surface area contributed by atoms with Crippen molar-refractivity contribution in [3.05, 3.63) is 71.8 Å². The van der Waals surface area contributed by atoms with E-state index < -0.39 is 0 Å². The number of allylic oxidation sites excluding steroid dienone is 1. The fourth-order valence-electron chi connectivity index (χ4n) is 3.72. The van der Waals surface area contributed by atoms with Gasteiger partial charge in [-0.2, -0.15) is 4.98 Å². The zero-order valence-corrected chi connectivity index (χ0v) is 17.0. The van der Waals surface area contributed by atoms with E-state index in [4.69, 9.17) is 9.26 Å². The Morgan fingerprint density at radius 3 is 2.55 bits per heavy atom. The lowest BCUT2D eigenvalue weighted by molar-refractivity contribution is -0.116. The highest BCUT2D eigenvalue weighted by atomic mass is 16.5. The number of likely N-dealkylation sites (N-methyl/N-ethyl adjacent to an activating group) is 1. The normalized spacial score (nSPS) is 16.1. The topological polar surface area (TPSA) is 68.5 Å². The molecule has 0 radical (unpaired) electrons. The summed E-state index contributed by atoms with van der Waals surface area (Å²) in [7, 11) is 1.99. The molecule has 0 atom stereocenters. The average molecular weight is 389 g/mol. The van der Waals surface area contributed by atoms with Gasteiger partial charge in [-0.1, -0.05) is 37.2 Å². The summed E-state index contributed by atoms with van der Waals surface area (Å²) in [4.78, 5) is 18.9. The van der Waals surface area contributed by atoms with Crippen LogP contribution in [-0.2, 0) is 10.2 Å². The van der Waals surface area contributed by atoms with Crippen LogP contribution in [0.2, 0.25) is 0 Å². The van der Waals surface area contributed by atoms with Crippen molar-refractivity contribution in [1.82, 2.24) is 10.1 Å². The third-order valence-electron chi connectivity index (χ3n) is 5.26. The van der Waals surface area contributed by atoms with Crippen molar-refractivity contribution < 1.29 is 14.1 Å². The van der Waals surface area contributed by atoms with Crippen LogP contribution in [0.15, 0.2) is 64.8 Å². The summed E-state index contributed by atoms with van der Waals surface area (Å²) in [5.74, 6) is 1.58. The van der Waals surface area contributed by atoms with Crippen molar-refractivity contribution in [2.24, 2.45) is 0 Å². The van der Waals surface area contributed by atoms with Crippen LogP contribution in [0.1, 0.15) is 25.3 Å². The number of hydrogen-bond donors (Lipinski definition) is 0. The largest absolute Gasteiger partial charge is 0.485 e. The molecule has 148 valence electrons. The van der Waals surface area contributed by atoms with Gasteiger partial charge < -0.3 is 14.2 Å². The molecule has 3 aromatic rings. The summed E-state index contributed by atoms with van der Waals surface area (Å²) < 4.78 is 10.7. The minimum atomic E-state index is -0.231. The second kappa shape index (κ2) is 7.20. The highest BCUT2D eigenvalue weighted by molar-refractivity contribution is 5.93.